The molecule has 0 aromatic heterocycles. The predicted octanol–water partition coefficient (Wildman–Crippen LogP) is 5.13. The van der Waals surface area contributed by atoms with Gasteiger partial charge in [0.25, 0.3) is 0 Å². The molecule has 1 aliphatic rings. The van der Waals surface area contributed by atoms with Gasteiger partial charge in [-0.05, 0) is 57.1 Å². The van der Waals surface area contributed by atoms with Crippen LogP contribution < -0.4 is 10.5 Å². The summed E-state index contributed by atoms with van der Waals surface area (Å²) < 4.78 is 5.68. The Bertz CT molecular complexity index is 766. The van der Waals surface area contributed by atoms with Crippen molar-refractivity contribution in [2.45, 2.75) is 65.2 Å². The molecule has 5 nitrogen and oxygen atoms in total. The van der Waals surface area contributed by atoms with E-state index in [1.807, 2.05) is 6.92 Å². The Morgan fingerprint density at radius 3 is 2.68 bits per heavy atom. The highest BCUT2D eigenvalue weighted by molar-refractivity contribution is 5.94. The number of hydrogen-bond acceptors (Lipinski definition) is 4. The number of hydrogen-bond donors (Lipinski definition) is 3. The lowest BCUT2D eigenvalue weighted by atomic mass is 9.73. The minimum absolute atomic E-state index is 0.0208. The first-order chi connectivity index (χ1) is 13.3. The van der Waals surface area contributed by atoms with Crippen LogP contribution in [0.1, 0.15) is 80.3 Å². The summed E-state index contributed by atoms with van der Waals surface area (Å²) in [5.41, 5.74) is 8.95. The Hall–Kier alpha value is -2.27. The van der Waals surface area contributed by atoms with Crippen LogP contribution in [0.4, 0.5) is 0 Å². The third-order valence-electron chi connectivity index (χ3n) is 5.60. The van der Waals surface area contributed by atoms with Crippen LogP contribution in [-0.4, -0.2) is 22.9 Å². The van der Waals surface area contributed by atoms with E-state index in [1.165, 1.54) is 5.57 Å². The van der Waals surface area contributed by atoms with Crippen LogP contribution in [0, 0.1) is 5.92 Å². The molecule has 4 N–H and O–H groups in total. The number of ether oxygens (including phenoxy) is 1. The molecule has 28 heavy (non-hydrogen) atoms. The summed E-state index contributed by atoms with van der Waals surface area (Å²) in [7, 11) is 0. The zero-order valence-electron chi connectivity index (χ0n) is 17.3. The first-order valence-corrected chi connectivity index (χ1v) is 10.1. The average molecular weight is 388 g/mol. The monoisotopic (exact) mass is 387 g/mol. The largest absolute Gasteiger partial charge is 0.507 e. The van der Waals surface area contributed by atoms with Gasteiger partial charge in [-0.25, -0.2) is 4.79 Å². The Kier molecular flexibility index (Phi) is 7.69. The number of unbranched alkanes of at least 4 members (excludes halogenated alkanes) is 2. The summed E-state index contributed by atoms with van der Waals surface area (Å²) in [6.07, 6.45) is 7.43. The first-order valence-electron chi connectivity index (χ1n) is 10.1. The van der Waals surface area contributed by atoms with E-state index in [0.29, 0.717) is 23.3 Å². The van der Waals surface area contributed by atoms with Gasteiger partial charge in [-0.1, -0.05) is 43.6 Å². The second-order valence-corrected chi connectivity index (χ2v) is 7.77. The van der Waals surface area contributed by atoms with Crippen molar-refractivity contribution < 1.29 is 19.7 Å². The minimum Gasteiger partial charge on any atom is -0.507 e. The average Bonchev–Trinajstić information content (AvgIpc) is 2.61. The predicted molar refractivity (Wildman–Crippen MR) is 112 cm³/mol. The minimum atomic E-state index is -1.12. The number of carbonyl (C=O) groups is 1. The smallest absolute Gasteiger partial charge is 0.339 e. The highest BCUT2D eigenvalue weighted by Gasteiger charge is 2.33. The zero-order chi connectivity index (χ0) is 20.8. The van der Waals surface area contributed by atoms with Gasteiger partial charge >= 0.3 is 5.97 Å². The van der Waals surface area contributed by atoms with Gasteiger partial charge in [0, 0.05) is 11.5 Å². The number of aromatic hydroxyl groups is 1. The van der Waals surface area contributed by atoms with Crippen molar-refractivity contribution >= 4 is 5.97 Å². The van der Waals surface area contributed by atoms with Gasteiger partial charge in [-0.3, -0.25) is 5.73 Å². The number of allylic oxidation sites excluding steroid dienone is 3. The number of rotatable bonds is 9. The van der Waals surface area contributed by atoms with E-state index in [4.69, 9.17) is 10.5 Å². The Morgan fingerprint density at radius 2 is 2.11 bits per heavy atom. The van der Waals surface area contributed by atoms with Crippen LogP contribution >= 0.6 is 0 Å². The molecule has 0 bridgehead atoms. The third-order valence-corrected chi connectivity index (χ3v) is 5.60. The Morgan fingerprint density at radius 1 is 1.39 bits per heavy atom. The van der Waals surface area contributed by atoms with Gasteiger partial charge < -0.3 is 14.9 Å². The maximum atomic E-state index is 12.0. The molecule has 0 spiro atoms. The number of nitrogens with two attached hydrogens (primary N) is 1. The molecule has 0 fully saturated rings. The van der Waals surface area contributed by atoms with Gasteiger partial charge in [0.2, 0.25) is 0 Å². The maximum absolute atomic E-state index is 12.0. The van der Waals surface area contributed by atoms with E-state index >= 15 is 0 Å². The number of carboxylic acids is 1. The van der Waals surface area contributed by atoms with Crippen LogP contribution in [0.3, 0.4) is 0 Å². The van der Waals surface area contributed by atoms with E-state index in [-0.39, 0.29) is 29.9 Å². The summed E-state index contributed by atoms with van der Waals surface area (Å²) in [5.74, 6) is -0.920. The molecule has 0 radical (unpaired) electrons. The van der Waals surface area contributed by atoms with Gasteiger partial charge in [0.15, 0.2) is 0 Å². The normalized spacial score (nSPS) is 19.2. The van der Waals surface area contributed by atoms with Gasteiger partial charge in [-0.15, -0.1) is 0 Å². The summed E-state index contributed by atoms with van der Waals surface area (Å²) >= 11 is 0. The van der Waals surface area contributed by atoms with Gasteiger partial charge in [0.05, 0.1) is 0 Å². The Labute approximate surface area is 167 Å². The van der Waals surface area contributed by atoms with Crippen molar-refractivity contribution in [3.05, 3.63) is 46.6 Å². The number of aromatic carboxylic acids is 1. The summed E-state index contributed by atoms with van der Waals surface area (Å²) in [4.78, 5) is 12.0. The molecular formula is C23H33NO4. The lowest BCUT2D eigenvalue weighted by molar-refractivity contribution is 0.0692. The van der Waals surface area contributed by atoms with Crippen molar-refractivity contribution in [2.24, 2.45) is 11.7 Å². The van der Waals surface area contributed by atoms with Crippen molar-refractivity contribution in [2.75, 3.05) is 6.73 Å². The number of benzene rings is 1. The fourth-order valence-corrected chi connectivity index (χ4v) is 4.15. The molecule has 0 saturated heterocycles. The molecule has 1 aromatic rings. The van der Waals surface area contributed by atoms with Crippen LogP contribution in [0.25, 0.3) is 0 Å². The van der Waals surface area contributed by atoms with Crippen molar-refractivity contribution in [3.63, 3.8) is 0 Å². The van der Waals surface area contributed by atoms with Gasteiger partial charge in [0.1, 0.15) is 23.8 Å². The van der Waals surface area contributed by atoms with Crippen molar-refractivity contribution in [1.82, 2.24) is 0 Å². The zero-order valence-corrected chi connectivity index (χ0v) is 17.3. The molecule has 1 aliphatic carbocycles. The van der Waals surface area contributed by atoms with E-state index in [2.05, 4.69) is 26.5 Å². The molecule has 154 valence electrons. The molecule has 2 rings (SSSR count). The summed E-state index contributed by atoms with van der Waals surface area (Å²) in [6, 6.07) is 1.76. The Balaban J connectivity index is 2.67. The highest BCUT2D eigenvalue weighted by Crippen LogP contribution is 2.48. The maximum Gasteiger partial charge on any atom is 0.339 e. The number of carboxylic acid groups (broad SMARTS) is 1. The highest BCUT2D eigenvalue weighted by atomic mass is 16.5. The fraction of sp³-hybridized carbons (Fsp3) is 0.522. The number of aryl methyl sites for hydroxylation is 1. The summed E-state index contributed by atoms with van der Waals surface area (Å²) in [5, 5.41) is 20.9. The van der Waals surface area contributed by atoms with E-state index < -0.39 is 5.97 Å². The van der Waals surface area contributed by atoms with Crippen LogP contribution in [0.2, 0.25) is 0 Å². The van der Waals surface area contributed by atoms with Gasteiger partial charge in [-0.2, -0.15) is 0 Å². The molecule has 1 aromatic carbocycles. The van der Waals surface area contributed by atoms with Crippen LogP contribution in [0.15, 0.2) is 29.9 Å². The lowest BCUT2D eigenvalue weighted by Gasteiger charge is -2.32. The van der Waals surface area contributed by atoms with Crippen molar-refractivity contribution in [3.8, 4) is 11.5 Å². The molecular weight excluding hydrogens is 354 g/mol. The molecule has 0 aliphatic heterocycles. The molecule has 0 heterocycles. The van der Waals surface area contributed by atoms with E-state index in [9.17, 15) is 15.0 Å². The molecule has 2 atom stereocenters. The SMILES string of the molecule is C=C(C)C1CCC(C)=CC1c1c(OCN)cc(CCCCC)c(C(=O)O)c1O. The quantitative estimate of drug-likeness (QED) is 0.310. The first kappa shape index (κ1) is 22.0. The van der Waals surface area contributed by atoms with Crippen LogP contribution in [-0.2, 0) is 6.42 Å². The molecule has 0 amide bonds. The molecule has 0 saturated carbocycles. The topological polar surface area (TPSA) is 92.8 Å². The standard InChI is InChI=1S/C23H33NO4/c1-5-6-7-8-16-12-19(28-13-24)21(22(25)20(16)23(26)27)18-11-15(4)9-10-17(18)14(2)3/h11-12,17-18,25H,2,5-10,13,24H2,1,3-4H3,(H,26,27). The second kappa shape index (κ2) is 9.78. The number of phenols is 1. The lowest BCUT2D eigenvalue weighted by Crippen LogP contribution is -2.20. The van der Waals surface area contributed by atoms with Crippen molar-refractivity contribution in [1.29, 1.82) is 0 Å². The molecule has 5 heteroatoms. The van der Waals surface area contributed by atoms with E-state index in [1.54, 1.807) is 6.07 Å². The third kappa shape index (κ3) is 4.76. The fourth-order valence-electron chi connectivity index (χ4n) is 4.15. The molecule has 2 unspecified atom stereocenters. The second-order valence-electron chi connectivity index (χ2n) is 7.77. The van der Waals surface area contributed by atoms with E-state index in [0.717, 1.165) is 37.7 Å². The summed E-state index contributed by atoms with van der Waals surface area (Å²) in [6.45, 7) is 10.2. The van der Waals surface area contributed by atoms with Crippen LogP contribution in [0.5, 0.6) is 11.5 Å².